The maximum Gasteiger partial charge on any atom is 0.136 e. The van der Waals surface area contributed by atoms with Crippen molar-refractivity contribution in [3.8, 4) is 0 Å². The van der Waals surface area contributed by atoms with Crippen LogP contribution in [0.2, 0.25) is 0 Å². The molecule has 0 aromatic heterocycles. The van der Waals surface area contributed by atoms with E-state index >= 15 is 0 Å². The molecular formula is C14H25NO2. The van der Waals surface area contributed by atoms with Crippen molar-refractivity contribution >= 4 is 5.78 Å². The maximum absolute atomic E-state index is 11.6. The zero-order valence-electron chi connectivity index (χ0n) is 11.0. The molecule has 2 saturated heterocycles. The lowest BCUT2D eigenvalue weighted by atomic mass is 9.84. The lowest BCUT2D eigenvalue weighted by Gasteiger charge is -2.45. The van der Waals surface area contributed by atoms with E-state index in [2.05, 4.69) is 11.8 Å². The number of Topliss-reactive ketones (excluding diaryl/α,β-unsaturated/α-hetero) is 1. The van der Waals surface area contributed by atoms with E-state index in [0.29, 0.717) is 17.9 Å². The van der Waals surface area contributed by atoms with Gasteiger partial charge in [-0.15, -0.1) is 0 Å². The van der Waals surface area contributed by atoms with Crippen LogP contribution >= 0.6 is 0 Å². The number of nitrogens with zero attached hydrogens (tertiary/aromatic N) is 1. The fourth-order valence-electron chi connectivity index (χ4n) is 3.23. The van der Waals surface area contributed by atoms with Gasteiger partial charge in [0.1, 0.15) is 5.78 Å². The normalized spacial score (nSPS) is 29.6. The molecular weight excluding hydrogens is 214 g/mol. The first kappa shape index (κ1) is 13.0. The minimum absolute atomic E-state index is 0.484. The molecule has 3 nitrogen and oxygen atoms in total. The molecule has 0 radical (unpaired) electrons. The predicted molar refractivity (Wildman–Crippen MR) is 68.1 cm³/mol. The largest absolute Gasteiger partial charge is 0.381 e. The third-order valence-corrected chi connectivity index (χ3v) is 3.99. The average Bonchev–Trinajstić information content (AvgIpc) is 2.29. The van der Waals surface area contributed by atoms with Gasteiger partial charge in [-0.1, -0.05) is 13.3 Å². The standard InChI is InChI=1S/C14H25NO2/c1-2-8-17-9-4-7-15-12-5-3-6-13(15)11-14(16)10-12/h12-13H,2-11H2,1H3. The number of rotatable bonds is 6. The molecule has 0 aromatic rings. The molecule has 98 valence electrons. The molecule has 0 aliphatic carbocycles. The van der Waals surface area contributed by atoms with Crippen LogP contribution in [0.15, 0.2) is 0 Å². The molecule has 2 fully saturated rings. The van der Waals surface area contributed by atoms with Gasteiger partial charge in [0.05, 0.1) is 0 Å². The Balaban J connectivity index is 1.74. The van der Waals surface area contributed by atoms with Crippen LogP contribution in [-0.4, -0.2) is 42.5 Å². The minimum atomic E-state index is 0.484. The van der Waals surface area contributed by atoms with Crippen LogP contribution in [0.4, 0.5) is 0 Å². The molecule has 0 N–H and O–H groups in total. The Morgan fingerprint density at radius 1 is 1.24 bits per heavy atom. The zero-order valence-corrected chi connectivity index (χ0v) is 11.0. The first-order valence-corrected chi connectivity index (χ1v) is 7.16. The molecule has 2 heterocycles. The Morgan fingerprint density at radius 2 is 1.94 bits per heavy atom. The van der Waals surface area contributed by atoms with Crippen LogP contribution in [0.1, 0.15) is 51.9 Å². The Morgan fingerprint density at radius 3 is 2.59 bits per heavy atom. The summed E-state index contributed by atoms with van der Waals surface area (Å²) in [6.45, 7) is 5.01. The van der Waals surface area contributed by atoms with Gasteiger partial charge in [0.15, 0.2) is 0 Å². The molecule has 2 bridgehead atoms. The van der Waals surface area contributed by atoms with E-state index in [1.165, 1.54) is 19.3 Å². The Kier molecular flexibility index (Phi) is 4.99. The molecule has 17 heavy (non-hydrogen) atoms. The molecule has 0 spiro atoms. The van der Waals surface area contributed by atoms with Gasteiger partial charge >= 0.3 is 0 Å². The van der Waals surface area contributed by atoms with Crippen molar-refractivity contribution in [3.05, 3.63) is 0 Å². The average molecular weight is 239 g/mol. The number of ether oxygens (including phenoxy) is 1. The summed E-state index contributed by atoms with van der Waals surface area (Å²) in [5.41, 5.74) is 0. The first-order chi connectivity index (χ1) is 8.31. The monoisotopic (exact) mass is 239 g/mol. The zero-order chi connectivity index (χ0) is 12.1. The van der Waals surface area contributed by atoms with Gasteiger partial charge in [0.25, 0.3) is 0 Å². The van der Waals surface area contributed by atoms with Crippen molar-refractivity contribution in [1.82, 2.24) is 4.90 Å². The summed E-state index contributed by atoms with van der Waals surface area (Å²) in [4.78, 5) is 14.2. The Hall–Kier alpha value is -0.410. The van der Waals surface area contributed by atoms with E-state index < -0.39 is 0 Å². The Labute approximate surface area is 105 Å². The molecule has 2 rings (SSSR count). The van der Waals surface area contributed by atoms with Crippen LogP contribution in [0.5, 0.6) is 0 Å². The summed E-state index contributed by atoms with van der Waals surface area (Å²) < 4.78 is 5.52. The SMILES string of the molecule is CCCOCCCN1C2CCCC1CC(=O)C2. The first-order valence-electron chi connectivity index (χ1n) is 7.16. The highest BCUT2D eigenvalue weighted by Gasteiger charge is 2.36. The van der Waals surface area contributed by atoms with E-state index in [1.807, 2.05) is 0 Å². The van der Waals surface area contributed by atoms with E-state index in [-0.39, 0.29) is 0 Å². The van der Waals surface area contributed by atoms with Gasteiger partial charge in [-0.3, -0.25) is 9.69 Å². The van der Waals surface area contributed by atoms with Crippen LogP contribution in [0, 0.1) is 0 Å². The quantitative estimate of drug-likeness (QED) is 0.667. The fraction of sp³-hybridized carbons (Fsp3) is 0.929. The molecule has 2 aliphatic heterocycles. The molecule has 0 amide bonds. The lowest BCUT2D eigenvalue weighted by Crippen LogP contribution is -2.52. The highest BCUT2D eigenvalue weighted by Crippen LogP contribution is 2.32. The lowest BCUT2D eigenvalue weighted by molar-refractivity contribution is -0.127. The Bertz CT molecular complexity index is 239. The van der Waals surface area contributed by atoms with Crippen molar-refractivity contribution in [1.29, 1.82) is 0 Å². The molecule has 2 aliphatic rings. The number of ketones is 1. The topological polar surface area (TPSA) is 29.5 Å². The third-order valence-electron chi connectivity index (χ3n) is 3.99. The molecule has 2 unspecified atom stereocenters. The summed E-state index contributed by atoms with van der Waals surface area (Å²) in [5, 5.41) is 0. The van der Waals surface area contributed by atoms with Gasteiger partial charge in [-0.2, -0.15) is 0 Å². The summed E-state index contributed by atoms with van der Waals surface area (Å²) in [5.74, 6) is 0.484. The number of fused-ring (bicyclic) bond motifs is 2. The van der Waals surface area contributed by atoms with Crippen LogP contribution in [0.25, 0.3) is 0 Å². The van der Waals surface area contributed by atoms with Crippen LogP contribution < -0.4 is 0 Å². The van der Waals surface area contributed by atoms with Crippen molar-refractivity contribution in [2.75, 3.05) is 19.8 Å². The van der Waals surface area contributed by atoms with Gasteiger partial charge < -0.3 is 4.74 Å². The number of hydrogen-bond donors (Lipinski definition) is 0. The van der Waals surface area contributed by atoms with E-state index in [1.54, 1.807) is 0 Å². The summed E-state index contributed by atoms with van der Waals surface area (Å²) in [6, 6.07) is 1.09. The number of hydrogen-bond acceptors (Lipinski definition) is 3. The van der Waals surface area contributed by atoms with Crippen molar-refractivity contribution in [3.63, 3.8) is 0 Å². The number of carbonyl (C=O) groups excluding carboxylic acids is 1. The second-order valence-electron chi connectivity index (χ2n) is 5.39. The van der Waals surface area contributed by atoms with Crippen molar-refractivity contribution < 1.29 is 9.53 Å². The molecule has 0 saturated carbocycles. The summed E-state index contributed by atoms with van der Waals surface area (Å²) >= 11 is 0. The minimum Gasteiger partial charge on any atom is -0.381 e. The van der Waals surface area contributed by atoms with Crippen molar-refractivity contribution in [2.45, 2.75) is 64.0 Å². The fourth-order valence-corrected chi connectivity index (χ4v) is 3.23. The van der Waals surface area contributed by atoms with Gasteiger partial charge in [-0.25, -0.2) is 0 Å². The third kappa shape index (κ3) is 3.52. The van der Waals surface area contributed by atoms with Crippen LogP contribution in [-0.2, 0) is 9.53 Å². The second kappa shape index (κ2) is 6.50. The molecule has 3 heteroatoms. The van der Waals surface area contributed by atoms with Gasteiger partial charge in [0, 0.05) is 44.7 Å². The summed E-state index contributed by atoms with van der Waals surface area (Å²) in [7, 11) is 0. The highest BCUT2D eigenvalue weighted by molar-refractivity contribution is 5.80. The van der Waals surface area contributed by atoms with Crippen LogP contribution in [0.3, 0.4) is 0 Å². The summed E-state index contributed by atoms with van der Waals surface area (Å²) in [6.07, 6.45) is 7.56. The van der Waals surface area contributed by atoms with E-state index in [0.717, 1.165) is 45.4 Å². The van der Waals surface area contributed by atoms with Gasteiger partial charge in [0.2, 0.25) is 0 Å². The number of piperidine rings is 2. The predicted octanol–water partition coefficient (Wildman–Crippen LogP) is 2.39. The smallest absolute Gasteiger partial charge is 0.136 e. The second-order valence-corrected chi connectivity index (χ2v) is 5.39. The molecule has 0 aromatic carbocycles. The number of carbonyl (C=O) groups is 1. The van der Waals surface area contributed by atoms with E-state index in [4.69, 9.17) is 4.74 Å². The molecule has 2 atom stereocenters. The van der Waals surface area contributed by atoms with Crippen molar-refractivity contribution in [2.24, 2.45) is 0 Å². The highest BCUT2D eigenvalue weighted by atomic mass is 16.5. The maximum atomic E-state index is 11.6. The van der Waals surface area contributed by atoms with Gasteiger partial charge in [-0.05, 0) is 25.7 Å². The van der Waals surface area contributed by atoms with E-state index in [9.17, 15) is 4.79 Å².